The Morgan fingerprint density at radius 1 is 1.15 bits per heavy atom. The van der Waals surface area contributed by atoms with Gasteiger partial charge in [0.25, 0.3) is 10.1 Å². The van der Waals surface area contributed by atoms with Gasteiger partial charge >= 0.3 is 0 Å². The van der Waals surface area contributed by atoms with Gasteiger partial charge in [0, 0.05) is 18.5 Å². The largest absolute Gasteiger partial charge is 0.328 e. The average molecular weight is 498 g/mol. The van der Waals surface area contributed by atoms with Crippen LogP contribution in [0, 0.1) is 6.92 Å². The van der Waals surface area contributed by atoms with Gasteiger partial charge in [-0.3, -0.25) is 20.9 Å². The highest BCUT2D eigenvalue weighted by atomic mass is 32.2. The Hall–Kier alpha value is -2.59. The maximum absolute atomic E-state index is 11.4. The van der Waals surface area contributed by atoms with Crippen LogP contribution in [0.2, 0.25) is 0 Å². The van der Waals surface area contributed by atoms with Gasteiger partial charge in [-0.2, -0.15) is 8.42 Å². The number of nitrogens with one attached hydrogen (secondary N) is 4. The van der Waals surface area contributed by atoms with Gasteiger partial charge in [0.2, 0.25) is 5.96 Å². The normalized spacial score (nSPS) is 20.3. The van der Waals surface area contributed by atoms with Gasteiger partial charge in [0.05, 0.1) is 11.4 Å². The molecule has 2 aromatic rings. The minimum absolute atomic E-state index is 0.129. The number of hydrogen-bond donors (Lipinski definition) is 7. The van der Waals surface area contributed by atoms with Crippen LogP contribution in [0.15, 0.2) is 56.7 Å². The SMILES string of the molecule is Cc1ccc(S(=O)(=O)O)cc1NC1=NC(NCc2cccc(CN=S(C)(=O)O)c2)NC(N)N1. The van der Waals surface area contributed by atoms with Gasteiger partial charge in [-0.1, -0.05) is 30.3 Å². The topological polar surface area (TPSA) is 191 Å². The summed E-state index contributed by atoms with van der Waals surface area (Å²) >= 11 is 0. The number of guanidine groups is 1. The highest BCUT2D eigenvalue weighted by Crippen LogP contribution is 2.20. The molecule has 0 aliphatic carbocycles. The molecule has 0 saturated heterocycles. The molecule has 12 nitrogen and oxygen atoms in total. The molecule has 0 fully saturated rings. The number of anilines is 1. The lowest BCUT2D eigenvalue weighted by molar-refractivity contribution is 0.347. The van der Waals surface area contributed by atoms with Crippen LogP contribution in [0.5, 0.6) is 0 Å². The fourth-order valence-electron chi connectivity index (χ4n) is 3.01. The second kappa shape index (κ2) is 10.1. The lowest BCUT2D eigenvalue weighted by atomic mass is 10.1. The van der Waals surface area contributed by atoms with E-state index in [0.717, 1.165) is 22.9 Å². The third-order valence-electron chi connectivity index (χ3n) is 4.63. The molecule has 1 heterocycles. The van der Waals surface area contributed by atoms with E-state index in [4.69, 9.17) is 5.73 Å². The number of rotatable bonds is 7. The Morgan fingerprint density at radius 3 is 2.58 bits per heavy atom. The summed E-state index contributed by atoms with van der Waals surface area (Å²) in [6.07, 6.45) is -0.0388. The maximum atomic E-state index is 11.4. The summed E-state index contributed by atoms with van der Waals surface area (Å²) in [5.74, 6) is 0.308. The summed E-state index contributed by atoms with van der Waals surface area (Å²) in [7, 11) is -7.51. The summed E-state index contributed by atoms with van der Waals surface area (Å²) in [5, 5.41) is 12.1. The first-order chi connectivity index (χ1) is 15.4. The van der Waals surface area contributed by atoms with E-state index in [1.54, 1.807) is 13.0 Å². The molecule has 3 unspecified atom stereocenters. The summed E-state index contributed by atoms with van der Waals surface area (Å²) in [4.78, 5) is 4.22. The van der Waals surface area contributed by atoms with E-state index in [2.05, 4.69) is 30.6 Å². The predicted octanol–water partition coefficient (Wildman–Crippen LogP) is 0.589. The van der Waals surface area contributed by atoms with Crippen molar-refractivity contribution in [2.24, 2.45) is 15.1 Å². The minimum Gasteiger partial charge on any atom is -0.328 e. The van der Waals surface area contributed by atoms with Crippen molar-refractivity contribution < 1.29 is 21.7 Å². The quantitative estimate of drug-likeness (QED) is 0.266. The Morgan fingerprint density at radius 2 is 1.88 bits per heavy atom. The van der Waals surface area contributed by atoms with Crippen molar-refractivity contribution in [3.8, 4) is 0 Å². The molecule has 180 valence electrons. The van der Waals surface area contributed by atoms with E-state index in [1.807, 2.05) is 24.3 Å². The van der Waals surface area contributed by atoms with Crippen molar-refractivity contribution in [1.82, 2.24) is 16.0 Å². The van der Waals surface area contributed by atoms with Crippen LogP contribution in [0.1, 0.15) is 16.7 Å². The lowest BCUT2D eigenvalue weighted by Gasteiger charge is -2.30. The van der Waals surface area contributed by atoms with Crippen molar-refractivity contribution in [3.63, 3.8) is 0 Å². The summed E-state index contributed by atoms with van der Waals surface area (Å²) < 4.78 is 56.6. The first-order valence-electron chi connectivity index (χ1n) is 9.82. The van der Waals surface area contributed by atoms with Crippen LogP contribution < -0.4 is 27.0 Å². The van der Waals surface area contributed by atoms with Crippen molar-refractivity contribution in [2.45, 2.75) is 37.5 Å². The molecule has 0 spiro atoms. The smallest absolute Gasteiger partial charge is 0.294 e. The first kappa shape index (κ1) is 25.0. The van der Waals surface area contributed by atoms with E-state index in [-0.39, 0.29) is 11.4 Å². The highest BCUT2D eigenvalue weighted by molar-refractivity contribution is 7.87. The predicted molar refractivity (Wildman–Crippen MR) is 126 cm³/mol. The Kier molecular flexibility index (Phi) is 7.69. The lowest BCUT2D eigenvalue weighted by Crippen LogP contribution is -2.63. The number of nitrogens with zero attached hydrogens (tertiary/aromatic N) is 2. The molecule has 2 aromatic carbocycles. The van der Waals surface area contributed by atoms with Gasteiger partial charge in [0.1, 0.15) is 6.29 Å². The zero-order chi connectivity index (χ0) is 24.2. The molecule has 0 aromatic heterocycles. The van der Waals surface area contributed by atoms with Gasteiger partial charge in [0.15, 0.2) is 16.3 Å². The fraction of sp³-hybridized carbons (Fsp3) is 0.316. The Balaban J connectivity index is 1.70. The van der Waals surface area contributed by atoms with Crippen LogP contribution in [-0.2, 0) is 33.2 Å². The van der Waals surface area contributed by atoms with Crippen molar-refractivity contribution >= 4 is 31.8 Å². The van der Waals surface area contributed by atoms with Gasteiger partial charge in [-0.15, -0.1) is 0 Å². The zero-order valence-corrected chi connectivity index (χ0v) is 19.7. The summed E-state index contributed by atoms with van der Waals surface area (Å²) in [6.45, 7) is 2.33. The molecule has 1 aliphatic heterocycles. The number of nitrogens with two attached hydrogens (primary N) is 1. The molecule has 0 amide bonds. The van der Waals surface area contributed by atoms with Crippen LogP contribution in [0.25, 0.3) is 0 Å². The highest BCUT2D eigenvalue weighted by Gasteiger charge is 2.20. The van der Waals surface area contributed by atoms with Crippen LogP contribution in [-0.4, -0.2) is 46.5 Å². The van der Waals surface area contributed by atoms with E-state index in [9.17, 15) is 21.7 Å². The Labute approximate surface area is 192 Å². The number of hydrogen-bond acceptors (Lipinski definition) is 10. The fourth-order valence-corrected chi connectivity index (χ4v) is 3.90. The summed E-state index contributed by atoms with van der Waals surface area (Å²) in [5.41, 5.74) is 8.89. The average Bonchev–Trinajstić information content (AvgIpc) is 2.71. The molecule has 1 aliphatic rings. The molecule has 3 atom stereocenters. The zero-order valence-electron chi connectivity index (χ0n) is 18.0. The van der Waals surface area contributed by atoms with Gasteiger partial charge < -0.3 is 15.2 Å². The van der Waals surface area contributed by atoms with Crippen LogP contribution in [0.4, 0.5) is 5.69 Å². The van der Waals surface area contributed by atoms with Crippen molar-refractivity contribution in [2.75, 3.05) is 11.6 Å². The number of aliphatic imine (C=N–C) groups is 1. The van der Waals surface area contributed by atoms with Crippen LogP contribution in [0.3, 0.4) is 0 Å². The standard InChI is InChI=1S/C19H27N7O5S2/c1-12-6-7-15(33(29,30)31)9-16(12)23-19-25-17(20)24-18(26-19)21-10-13-4-3-5-14(8-13)11-22-32(2,27)28/h3-9,17-18,21,24H,10-11,20H2,1-2H3,(H,22,27,28)(H2,23,25,26)(H,29,30,31). The molecule has 0 radical (unpaired) electrons. The third-order valence-corrected chi connectivity index (χ3v) is 6.08. The molecule has 8 N–H and O–H groups in total. The third kappa shape index (κ3) is 7.75. The summed E-state index contributed by atoms with van der Waals surface area (Å²) in [6, 6.07) is 11.6. The van der Waals surface area contributed by atoms with Gasteiger partial charge in [-0.05, 0) is 35.7 Å². The van der Waals surface area contributed by atoms with E-state index >= 15 is 0 Å². The molecular weight excluding hydrogens is 470 g/mol. The molecular formula is C19H27N7O5S2. The minimum atomic E-state index is -4.35. The number of benzene rings is 2. The Bertz CT molecular complexity index is 1270. The maximum Gasteiger partial charge on any atom is 0.294 e. The van der Waals surface area contributed by atoms with E-state index in [0.29, 0.717) is 18.2 Å². The van der Waals surface area contributed by atoms with Gasteiger partial charge in [-0.25, -0.2) is 13.6 Å². The molecule has 3 rings (SSSR count). The van der Waals surface area contributed by atoms with E-state index < -0.39 is 32.7 Å². The molecule has 33 heavy (non-hydrogen) atoms. The van der Waals surface area contributed by atoms with E-state index in [1.165, 1.54) is 12.1 Å². The molecule has 0 saturated carbocycles. The number of aryl methyl sites for hydroxylation is 1. The first-order valence-corrected chi connectivity index (χ1v) is 13.1. The second-order valence-corrected chi connectivity index (χ2v) is 10.7. The molecule has 14 heteroatoms. The van der Waals surface area contributed by atoms with Crippen molar-refractivity contribution in [3.05, 3.63) is 59.2 Å². The van der Waals surface area contributed by atoms with Crippen LogP contribution >= 0.6 is 0 Å². The second-order valence-electron chi connectivity index (χ2n) is 7.50. The molecule has 0 bridgehead atoms. The van der Waals surface area contributed by atoms with Crippen molar-refractivity contribution in [1.29, 1.82) is 0 Å². The monoisotopic (exact) mass is 497 g/mol.